The summed E-state index contributed by atoms with van der Waals surface area (Å²) in [6.07, 6.45) is 4.02. The Morgan fingerprint density at radius 3 is 2.94 bits per heavy atom. The van der Waals surface area contributed by atoms with Gasteiger partial charge < -0.3 is 9.14 Å². The molecule has 0 fully saturated rings. The molecule has 4 heteroatoms. The minimum Gasteiger partial charge on any atom is -0.493 e. The molecule has 17 heavy (non-hydrogen) atoms. The highest BCUT2D eigenvalue weighted by atomic mass is 32.1. The quantitative estimate of drug-likeness (QED) is 0.691. The zero-order valence-electron chi connectivity index (χ0n) is 9.68. The van der Waals surface area contributed by atoms with Gasteiger partial charge in [-0.05, 0) is 36.1 Å². The van der Waals surface area contributed by atoms with Crippen molar-refractivity contribution in [2.24, 2.45) is 0 Å². The van der Waals surface area contributed by atoms with Gasteiger partial charge in [0, 0.05) is 12.4 Å². The van der Waals surface area contributed by atoms with Crippen molar-refractivity contribution in [3.8, 4) is 16.3 Å². The molecule has 3 rings (SSSR count). The number of rotatable bonds is 2. The van der Waals surface area contributed by atoms with E-state index in [0.29, 0.717) is 0 Å². The van der Waals surface area contributed by atoms with E-state index in [-0.39, 0.29) is 0 Å². The van der Waals surface area contributed by atoms with Gasteiger partial charge in [0.25, 0.3) is 0 Å². The van der Waals surface area contributed by atoms with E-state index in [0.717, 1.165) is 17.1 Å². The van der Waals surface area contributed by atoms with Crippen molar-refractivity contribution in [1.29, 1.82) is 0 Å². The van der Waals surface area contributed by atoms with Crippen LogP contribution in [-0.4, -0.2) is 16.5 Å². The number of hydrogen-bond donors (Lipinski definition) is 0. The third-order valence-electron chi connectivity index (χ3n) is 2.76. The summed E-state index contributed by atoms with van der Waals surface area (Å²) in [7, 11) is 1.67. The van der Waals surface area contributed by atoms with Crippen LogP contribution in [0.15, 0.2) is 36.0 Å². The highest BCUT2D eigenvalue weighted by molar-refractivity contribution is 7.13. The van der Waals surface area contributed by atoms with Crippen LogP contribution in [0.25, 0.3) is 16.2 Å². The third kappa shape index (κ3) is 1.61. The summed E-state index contributed by atoms with van der Waals surface area (Å²) < 4.78 is 7.30. The Balaban J connectivity index is 2.24. The minimum atomic E-state index is 0.799. The second-order valence-corrected chi connectivity index (χ2v) is 4.78. The molecule has 3 heterocycles. The number of nitrogens with zero attached hydrogens (tertiary/aromatic N) is 2. The molecule has 0 unspecified atom stereocenters. The molecule has 0 bridgehead atoms. The summed E-state index contributed by atoms with van der Waals surface area (Å²) >= 11 is 1.71. The fourth-order valence-corrected chi connectivity index (χ4v) is 2.77. The fourth-order valence-electron chi connectivity index (χ4n) is 1.89. The number of methoxy groups -OCH3 is 1. The number of fused-ring (bicyclic) bond motifs is 1. The summed E-state index contributed by atoms with van der Waals surface area (Å²) in [5, 5.41) is 2.09. The van der Waals surface area contributed by atoms with Crippen LogP contribution < -0.4 is 4.74 Å². The molecule has 0 aliphatic carbocycles. The van der Waals surface area contributed by atoms with Crippen molar-refractivity contribution < 1.29 is 4.74 Å². The molecule has 0 aromatic carbocycles. The first-order valence-corrected chi connectivity index (χ1v) is 6.24. The predicted molar refractivity (Wildman–Crippen MR) is 69.8 cm³/mol. The van der Waals surface area contributed by atoms with Gasteiger partial charge in [0.2, 0.25) is 0 Å². The smallest absolute Gasteiger partial charge is 0.180 e. The molecule has 0 N–H and O–H groups in total. The molecule has 0 spiro atoms. The van der Waals surface area contributed by atoms with Gasteiger partial charge in [0.1, 0.15) is 0 Å². The van der Waals surface area contributed by atoms with E-state index in [2.05, 4.69) is 23.4 Å². The molecular formula is C13H12N2OS. The zero-order chi connectivity index (χ0) is 11.8. The fraction of sp³-hybridized carbons (Fsp3) is 0.154. The molecule has 3 aromatic rings. The molecular weight excluding hydrogens is 232 g/mol. The molecule has 0 atom stereocenters. The van der Waals surface area contributed by atoms with E-state index >= 15 is 0 Å². The normalized spacial score (nSPS) is 10.9. The number of pyridine rings is 1. The summed E-state index contributed by atoms with van der Waals surface area (Å²) in [5.41, 5.74) is 3.12. The Bertz CT molecular complexity index is 669. The maximum Gasteiger partial charge on any atom is 0.180 e. The second-order valence-electron chi connectivity index (χ2n) is 3.87. The van der Waals surface area contributed by atoms with E-state index in [1.807, 2.05) is 28.9 Å². The first kappa shape index (κ1) is 10.4. The Kier molecular flexibility index (Phi) is 2.37. The molecule has 3 nitrogen and oxygen atoms in total. The zero-order valence-corrected chi connectivity index (χ0v) is 10.5. The number of aryl methyl sites for hydroxylation is 1. The molecule has 0 aliphatic rings. The van der Waals surface area contributed by atoms with Crippen LogP contribution >= 0.6 is 11.3 Å². The lowest BCUT2D eigenvalue weighted by Gasteiger charge is -1.99. The number of aromatic nitrogens is 2. The van der Waals surface area contributed by atoms with Crippen LogP contribution in [0.3, 0.4) is 0 Å². The van der Waals surface area contributed by atoms with Crippen molar-refractivity contribution in [3.63, 3.8) is 0 Å². The van der Waals surface area contributed by atoms with Gasteiger partial charge >= 0.3 is 0 Å². The number of hydrogen-bond acceptors (Lipinski definition) is 3. The summed E-state index contributed by atoms with van der Waals surface area (Å²) in [6.45, 7) is 2.10. The largest absolute Gasteiger partial charge is 0.493 e. The number of ether oxygens (including phenoxy) is 1. The van der Waals surface area contributed by atoms with Gasteiger partial charge in [-0.15, -0.1) is 11.3 Å². The van der Waals surface area contributed by atoms with Gasteiger partial charge in [-0.1, -0.05) is 0 Å². The number of thiophene rings is 1. The Morgan fingerprint density at radius 1 is 1.35 bits per heavy atom. The van der Waals surface area contributed by atoms with E-state index in [9.17, 15) is 0 Å². The average molecular weight is 244 g/mol. The Morgan fingerprint density at radius 2 is 2.24 bits per heavy atom. The molecule has 3 aromatic heterocycles. The summed E-state index contributed by atoms with van der Waals surface area (Å²) in [6, 6.07) is 5.99. The van der Waals surface area contributed by atoms with Crippen molar-refractivity contribution in [2.75, 3.05) is 7.11 Å². The molecule has 0 saturated heterocycles. The summed E-state index contributed by atoms with van der Waals surface area (Å²) in [5.74, 6) is 0.799. The van der Waals surface area contributed by atoms with Gasteiger partial charge in [-0.2, -0.15) is 0 Å². The standard InChI is InChI=1S/C13H12N2OS/c1-9-5-7-17-12(9)10-8-15-6-3-4-11(16-2)13(15)14-10/h3-8H,1-2H3. The van der Waals surface area contributed by atoms with Crippen LogP contribution in [0.2, 0.25) is 0 Å². The highest BCUT2D eigenvalue weighted by Crippen LogP contribution is 2.30. The van der Waals surface area contributed by atoms with Crippen molar-refractivity contribution >= 4 is 17.0 Å². The van der Waals surface area contributed by atoms with Crippen LogP contribution in [0.1, 0.15) is 5.56 Å². The van der Waals surface area contributed by atoms with Crippen LogP contribution in [0.5, 0.6) is 5.75 Å². The van der Waals surface area contributed by atoms with Gasteiger partial charge in [0.15, 0.2) is 11.4 Å². The topological polar surface area (TPSA) is 26.5 Å². The maximum atomic E-state index is 5.31. The molecule has 0 aliphatic heterocycles. The predicted octanol–water partition coefficient (Wildman–Crippen LogP) is 3.38. The van der Waals surface area contributed by atoms with E-state index in [4.69, 9.17) is 4.74 Å². The van der Waals surface area contributed by atoms with Crippen LogP contribution in [0, 0.1) is 6.92 Å². The first-order valence-electron chi connectivity index (χ1n) is 5.36. The minimum absolute atomic E-state index is 0.799. The Labute approximate surface area is 103 Å². The first-order chi connectivity index (χ1) is 8.29. The third-order valence-corrected chi connectivity index (χ3v) is 3.80. The van der Waals surface area contributed by atoms with Gasteiger partial charge in [-0.3, -0.25) is 0 Å². The monoisotopic (exact) mass is 244 g/mol. The Hall–Kier alpha value is -1.81. The lowest BCUT2D eigenvalue weighted by Crippen LogP contribution is -1.88. The average Bonchev–Trinajstić information content (AvgIpc) is 2.93. The SMILES string of the molecule is COc1cccn2cc(-c3sccc3C)nc12. The van der Waals surface area contributed by atoms with Crippen LogP contribution in [-0.2, 0) is 0 Å². The van der Waals surface area contributed by atoms with Crippen molar-refractivity contribution in [2.45, 2.75) is 6.92 Å². The van der Waals surface area contributed by atoms with E-state index in [1.54, 1.807) is 18.4 Å². The molecule has 0 saturated carbocycles. The highest BCUT2D eigenvalue weighted by Gasteiger charge is 2.10. The molecule has 0 radical (unpaired) electrons. The lowest BCUT2D eigenvalue weighted by atomic mass is 10.2. The summed E-state index contributed by atoms with van der Waals surface area (Å²) in [4.78, 5) is 5.85. The van der Waals surface area contributed by atoms with Crippen molar-refractivity contribution in [3.05, 3.63) is 41.5 Å². The lowest BCUT2D eigenvalue weighted by molar-refractivity contribution is 0.417. The molecule has 0 amide bonds. The van der Waals surface area contributed by atoms with E-state index < -0.39 is 0 Å². The van der Waals surface area contributed by atoms with Gasteiger partial charge in [-0.25, -0.2) is 4.98 Å². The van der Waals surface area contributed by atoms with E-state index in [1.165, 1.54) is 10.4 Å². The number of imidazole rings is 1. The van der Waals surface area contributed by atoms with Crippen LogP contribution in [0.4, 0.5) is 0 Å². The maximum absolute atomic E-state index is 5.31. The van der Waals surface area contributed by atoms with Crippen molar-refractivity contribution in [1.82, 2.24) is 9.38 Å². The molecule has 86 valence electrons. The van der Waals surface area contributed by atoms with Gasteiger partial charge in [0.05, 0.1) is 17.7 Å². The second kappa shape index (κ2) is 3.89.